The Labute approximate surface area is 291 Å². The number of hydrogen-bond acceptors (Lipinski definition) is 4. The summed E-state index contributed by atoms with van der Waals surface area (Å²) in [6.07, 6.45) is 0. The molecule has 0 saturated heterocycles. The van der Waals surface area contributed by atoms with Crippen LogP contribution in [0.3, 0.4) is 0 Å². The Hall–Kier alpha value is -6.06. The molecule has 0 amide bonds. The average molecular weight is 662 g/mol. The van der Waals surface area contributed by atoms with Crippen molar-refractivity contribution in [3.8, 4) is 67.5 Å². The van der Waals surface area contributed by atoms with Crippen molar-refractivity contribution < 1.29 is 4.89 Å². The van der Waals surface area contributed by atoms with E-state index in [2.05, 4.69) is 109 Å². The van der Waals surface area contributed by atoms with Crippen LogP contribution in [0.4, 0.5) is 0 Å². The minimum absolute atomic E-state index is 0.633. The van der Waals surface area contributed by atoms with Crippen LogP contribution >= 0.6 is 7.49 Å². The molecule has 1 aromatic heterocycles. The number of aromatic nitrogens is 3. The van der Waals surface area contributed by atoms with E-state index in [1.807, 2.05) is 72.8 Å². The fourth-order valence-corrected chi connectivity index (χ4v) is 10.5. The Morgan fingerprint density at radius 2 is 0.700 bits per heavy atom. The molecule has 0 aliphatic carbocycles. The van der Waals surface area contributed by atoms with Gasteiger partial charge < -0.3 is 0 Å². The monoisotopic (exact) mass is 661 g/mol. The van der Waals surface area contributed by atoms with E-state index in [-0.39, 0.29) is 0 Å². The zero-order valence-electron chi connectivity index (χ0n) is 27.1. The average Bonchev–Trinajstić information content (AvgIpc) is 3.47. The van der Waals surface area contributed by atoms with Crippen molar-refractivity contribution >= 4 is 23.4 Å². The number of rotatable bonds is 6. The van der Waals surface area contributed by atoms with Crippen LogP contribution in [0.2, 0.25) is 0 Å². The Morgan fingerprint density at radius 1 is 0.320 bits per heavy atom. The van der Waals surface area contributed by atoms with E-state index in [1.165, 1.54) is 0 Å². The topological polar surface area (TPSA) is 58.9 Å². The number of nitrogens with zero attached hydrogens (tertiary/aromatic N) is 3. The molecule has 238 valence electrons. The second kappa shape index (κ2) is 12.4. The van der Waals surface area contributed by atoms with Gasteiger partial charge in [0, 0.05) is 11.1 Å². The summed E-state index contributed by atoms with van der Waals surface area (Å²) in [5.41, 5.74) is 9.52. The SMILES string of the molecule is O[PH]1(c2ccc(-c3ccc(-c4cccc(-c5nc(-c6ccccc6)nc(-c6ccccc6)n5)c4)cc3)cc2)c2ccccc2-c2ccccc21. The molecule has 1 aliphatic rings. The molecule has 0 spiro atoms. The van der Waals surface area contributed by atoms with Crippen molar-refractivity contribution in [2.24, 2.45) is 0 Å². The van der Waals surface area contributed by atoms with Crippen molar-refractivity contribution in [3.63, 3.8) is 0 Å². The van der Waals surface area contributed by atoms with Gasteiger partial charge in [0.05, 0.1) is 0 Å². The number of benzene rings is 7. The second-order valence-electron chi connectivity index (χ2n) is 12.6. The standard InChI is InChI=1S/C45H32N3OP/c49-50(41-20-9-7-18-39(41)40-19-8-10-21-42(40)50)38-28-26-32(27-29-38)31-22-24-33(25-23-31)36-16-11-17-37(30-36)45-47-43(34-12-3-1-4-13-34)46-44(48-45)35-14-5-2-6-15-35/h1-30,49-50H. The van der Waals surface area contributed by atoms with E-state index >= 15 is 0 Å². The molecule has 5 heteroatoms. The Kier molecular flexibility index (Phi) is 7.47. The van der Waals surface area contributed by atoms with Gasteiger partial charge in [0.1, 0.15) is 0 Å². The summed E-state index contributed by atoms with van der Waals surface area (Å²) in [6.45, 7) is 0. The van der Waals surface area contributed by atoms with Crippen LogP contribution in [0.1, 0.15) is 0 Å². The molecule has 7 aromatic carbocycles. The third-order valence-electron chi connectivity index (χ3n) is 9.60. The van der Waals surface area contributed by atoms with E-state index in [9.17, 15) is 4.89 Å². The van der Waals surface area contributed by atoms with Crippen LogP contribution in [0.15, 0.2) is 182 Å². The van der Waals surface area contributed by atoms with E-state index in [1.54, 1.807) is 0 Å². The van der Waals surface area contributed by atoms with Crippen LogP contribution < -0.4 is 15.9 Å². The molecule has 9 rings (SSSR count). The predicted molar refractivity (Wildman–Crippen MR) is 208 cm³/mol. The summed E-state index contributed by atoms with van der Waals surface area (Å²) in [4.78, 5) is 27.0. The quantitative estimate of drug-likeness (QED) is 0.181. The molecule has 50 heavy (non-hydrogen) atoms. The maximum atomic E-state index is 12.4. The van der Waals surface area contributed by atoms with Gasteiger partial charge in [-0.25, -0.2) is 15.0 Å². The molecule has 0 saturated carbocycles. The van der Waals surface area contributed by atoms with Gasteiger partial charge in [0.15, 0.2) is 11.6 Å². The Balaban J connectivity index is 1.02. The van der Waals surface area contributed by atoms with Gasteiger partial charge in [0.25, 0.3) is 0 Å². The predicted octanol–water partition coefficient (Wildman–Crippen LogP) is 9.12. The number of fused-ring (bicyclic) bond motifs is 3. The molecule has 0 bridgehead atoms. The molecule has 2 heterocycles. The van der Waals surface area contributed by atoms with Crippen molar-refractivity contribution in [2.45, 2.75) is 0 Å². The molecule has 0 fully saturated rings. The van der Waals surface area contributed by atoms with Gasteiger partial charge in [-0.3, -0.25) is 0 Å². The van der Waals surface area contributed by atoms with Crippen LogP contribution in [0, 0.1) is 0 Å². The van der Waals surface area contributed by atoms with Crippen LogP contribution in [-0.4, -0.2) is 19.8 Å². The first-order valence-electron chi connectivity index (χ1n) is 16.8. The summed E-state index contributed by atoms with van der Waals surface area (Å²) in [6, 6.07) is 62.2. The number of hydrogen-bond donors (Lipinski definition) is 1. The first-order chi connectivity index (χ1) is 24.6. The zero-order valence-corrected chi connectivity index (χ0v) is 28.1. The van der Waals surface area contributed by atoms with Gasteiger partial charge in [-0.15, -0.1) is 0 Å². The molecular formula is C45H32N3OP. The van der Waals surface area contributed by atoms with Gasteiger partial charge in [0.2, 0.25) is 0 Å². The molecule has 0 unspecified atom stereocenters. The van der Waals surface area contributed by atoms with Gasteiger partial charge in [-0.2, -0.15) is 0 Å². The molecular weight excluding hydrogens is 629 g/mol. The maximum absolute atomic E-state index is 12.4. The zero-order chi connectivity index (χ0) is 33.5. The van der Waals surface area contributed by atoms with Crippen LogP contribution in [0.25, 0.3) is 67.5 Å². The first kappa shape index (κ1) is 30.0. The van der Waals surface area contributed by atoms with Crippen molar-refractivity contribution in [1.29, 1.82) is 0 Å². The van der Waals surface area contributed by atoms with E-state index in [4.69, 9.17) is 15.0 Å². The summed E-state index contributed by atoms with van der Waals surface area (Å²) in [7, 11) is -3.07. The fourth-order valence-electron chi connectivity index (χ4n) is 7.06. The summed E-state index contributed by atoms with van der Waals surface area (Å²) < 4.78 is 0. The summed E-state index contributed by atoms with van der Waals surface area (Å²) >= 11 is 0. The third kappa shape index (κ3) is 5.23. The Bertz CT molecular complexity index is 2380. The Morgan fingerprint density at radius 3 is 1.22 bits per heavy atom. The second-order valence-corrected chi connectivity index (χ2v) is 15.7. The van der Waals surface area contributed by atoms with Crippen molar-refractivity contribution in [2.75, 3.05) is 0 Å². The van der Waals surface area contributed by atoms with Gasteiger partial charge in [-0.05, 0) is 0 Å². The normalized spacial score (nSPS) is 13.3. The van der Waals surface area contributed by atoms with Crippen molar-refractivity contribution in [3.05, 3.63) is 182 Å². The van der Waals surface area contributed by atoms with Crippen LogP contribution in [-0.2, 0) is 0 Å². The van der Waals surface area contributed by atoms with E-state index in [0.29, 0.717) is 17.5 Å². The van der Waals surface area contributed by atoms with Gasteiger partial charge >= 0.3 is 194 Å². The van der Waals surface area contributed by atoms with Crippen LogP contribution in [0.5, 0.6) is 0 Å². The molecule has 1 aliphatic heterocycles. The van der Waals surface area contributed by atoms with Gasteiger partial charge in [-0.1, -0.05) is 60.7 Å². The van der Waals surface area contributed by atoms with E-state index in [0.717, 1.165) is 66.0 Å². The first-order valence-corrected chi connectivity index (χ1v) is 18.7. The summed E-state index contributed by atoms with van der Waals surface area (Å²) in [5, 5.41) is 3.12. The molecule has 0 atom stereocenters. The minimum atomic E-state index is -3.07. The molecule has 0 radical (unpaired) electrons. The molecule has 4 nitrogen and oxygen atoms in total. The molecule has 1 N–H and O–H groups in total. The summed E-state index contributed by atoms with van der Waals surface area (Å²) in [5.74, 6) is 1.92. The van der Waals surface area contributed by atoms with Crippen molar-refractivity contribution in [1.82, 2.24) is 15.0 Å². The fraction of sp³-hybridized carbons (Fsp3) is 0. The third-order valence-corrected chi connectivity index (χ3v) is 13.2. The molecule has 8 aromatic rings. The van der Waals surface area contributed by atoms with E-state index < -0.39 is 7.49 Å².